The Morgan fingerprint density at radius 1 is 1.00 bits per heavy atom. The summed E-state index contributed by atoms with van der Waals surface area (Å²) in [5.41, 5.74) is 0.813. The van der Waals surface area contributed by atoms with Gasteiger partial charge in [0, 0.05) is 31.1 Å². The smallest absolute Gasteiger partial charge is 0.227 e. The SMILES string of the molecule is O=C1CCN(C(=O)Cc2ccccc2Cl)CCN1CCOc1ccccc1. The summed E-state index contributed by atoms with van der Waals surface area (Å²) < 4.78 is 5.68. The molecule has 2 aromatic rings. The Kier molecular flexibility index (Phi) is 6.71. The summed E-state index contributed by atoms with van der Waals surface area (Å²) in [6.45, 7) is 2.44. The normalized spacial score (nSPS) is 14.8. The van der Waals surface area contributed by atoms with Crippen molar-refractivity contribution in [1.82, 2.24) is 9.80 Å². The lowest BCUT2D eigenvalue weighted by Gasteiger charge is -2.22. The largest absolute Gasteiger partial charge is 0.492 e. The zero-order valence-electron chi connectivity index (χ0n) is 15.1. The maximum absolute atomic E-state index is 12.6. The Bertz CT molecular complexity index is 782. The highest BCUT2D eigenvalue weighted by molar-refractivity contribution is 6.31. The third-order valence-electron chi connectivity index (χ3n) is 4.61. The highest BCUT2D eigenvalue weighted by atomic mass is 35.5. The van der Waals surface area contributed by atoms with Crippen LogP contribution in [0.4, 0.5) is 0 Å². The van der Waals surface area contributed by atoms with E-state index in [9.17, 15) is 9.59 Å². The number of amides is 2. The molecule has 1 heterocycles. The van der Waals surface area contributed by atoms with Gasteiger partial charge in [-0.05, 0) is 23.8 Å². The summed E-state index contributed by atoms with van der Waals surface area (Å²) in [5, 5.41) is 0.594. The number of carbonyl (C=O) groups excluding carboxylic acids is 2. The Morgan fingerprint density at radius 2 is 1.74 bits per heavy atom. The third kappa shape index (κ3) is 5.47. The molecule has 0 unspecified atom stereocenters. The molecule has 0 aliphatic carbocycles. The van der Waals surface area contributed by atoms with Crippen LogP contribution in [0.3, 0.4) is 0 Å². The average Bonchev–Trinajstić information content (AvgIpc) is 2.86. The molecule has 3 rings (SSSR count). The maximum Gasteiger partial charge on any atom is 0.227 e. The predicted molar refractivity (Wildman–Crippen MR) is 105 cm³/mol. The molecule has 2 aromatic carbocycles. The number of benzene rings is 2. The molecule has 0 radical (unpaired) electrons. The van der Waals surface area contributed by atoms with Crippen molar-refractivity contribution in [2.24, 2.45) is 0 Å². The van der Waals surface area contributed by atoms with Crippen LogP contribution in [0.2, 0.25) is 5.02 Å². The van der Waals surface area contributed by atoms with Crippen molar-refractivity contribution in [3.63, 3.8) is 0 Å². The zero-order valence-corrected chi connectivity index (χ0v) is 15.9. The van der Waals surface area contributed by atoms with E-state index in [-0.39, 0.29) is 18.2 Å². The van der Waals surface area contributed by atoms with Crippen molar-refractivity contribution in [1.29, 1.82) is 0 Å². The summed E-state index contributed by atoms with van der Waals surface area (Å²) in [6.07, 6.45) is 0.588. The van der Waals surface area contributed by atoms with Gasteiger partial charge in [-0.3, -0.25) is 9.59 Å². The Balaban J connectivity index is 1.50. The summed E-state index contributed by atoms with van der Waals surface area (Å²) in [4.78, 5) is 28.5. The van der Waals surface area contributed by atoms with Gasteiger partial charge in [0.2, 0.25) is 11.8 Å². The minimum Gasteiger partial charge on any atom is -0.492 e. The fourth-order valence-electron chi connectivity index (χ4n) is 3.06. The molecule has 0 saturated carbocycles. The molecule has 1 saturated heterocycles. The first-order valence-corrected chi connectivity index (χ1v) is 9.48. The van der Waals surface area contributed by atoms with E-state index in [2.05, 4.69) is 0 Å². The van der Waals surface area contributed by atoms with Crippen LogP contribution in [0.25, 0.3) is 0 Å². The van der Waals surface area contributed by atoms with Gasteiger partial charge in [-0.15, -0.1) is 0 Å². The molecule has 6 heteroatoms. The molecule has 142 valence electrons. The van der Waals surface area contributed by atoms with Gasteiger partial charge in [0.25, 0.3) is 0 Å². The Hall–Kier alpha value is -2.53. The standard InChI is InChI=1S/C21H23ClN2O3/c22-19-9-5-4-6-17(19)16-21(26)23-11-10-20(25)24(13-12-23)14-15-27-18-7-2-1-3-8-18/h1-9H,10-16H2. The first kappa shape index (κ1) is 19.2. The summed E-state index contributed by atoms with van der Waals surface area (Å²) in [5.74, 6) is 0.842. The van der Waals surface area contributed by atoms with Gasteiger partial charge >= 0.3 is 0 Å². The average molecular weight is 387 g/mol. The summed E-state index contributed by atoms with van der Waals surface area (Å²) in [7, 11) is 0. The maximum atomic E-state index is 12.6. The topological polar surface area (TPSA) is 49.9 Å². The first-order valence-electron chi connectivity index (χ1n) is 9.10. The van der Waals surface area contributed by atoms with E-state index in [4.69, 9.17) is 16.3 Å². The molecule has 0 bridgehead atoms. The van der Waals surface area contributed by atoms with Crippen LogP contribution in [-0.2, 0) is 16.0 Å². The summed E-state index contributed by atoms with van der Waals surface area (Å²) in [6, 6.07) is 16.9. The number of para-hydroxylation sites is 1. The highest BCUT2D eigenvalue weighted by Gasteiger charge is 2.24. The lowest BCUT2D eigenvalue weighted by molar-refractivity contribution is -0.130. The van der Waals surface area contributed by atoms with E-state index < -0.39 is 0 Å². The van der Waals surface area contributed by atoms with E-state index in [1.54, 1.807) is 15.9 Å². The molecule has 0 aromatic heterocycles. The van der Waals surface area contributed by atoms with Crippen LogP contribution in [0, 0.1) is 0 Å². The minimum absolute atomic E-state index is 0.00159. The fraction of sp³-hybridized carbons (Fsp3) is 0.333. The van der Waals surface area contributed by atoms with Crippen molar-refractivity contribution in [2.75, 3.05) is 32.8 Å². The second kappa shape index (κ2) is 9.42. The van der Waals surface area contributed by atoms with Crippen molar-refractivity contribution in [3.05, 3.63) is 65.2 Å². The minimum atomic E-state index is -0.00159. The van der Waals surface area contributed by atoms with Gasteiger partial charge in [-0.1, -0.05) is 48.0 Å². The molecule has 27 heavy (non-hydrogen) atoms. The second-order valence-corrected chi connectivity index (χ2v) is 6.85. The number of nitrogens with zero attached hydrogens (tertiary/aromatic N) is 2. The first-order chi connectivity index (χ1) is 13.1. The van der Waals surface area contributed by atoms with Crippen molar-refractivity contribution in [2.45, 2.75) is 12.8 Å². The number of hydrogen-bond donors (Lipinski definition) is 0. The van der Waals surface area contributed by atoms with Crippen molar-refractivity contribution in [3.8, 4) is 5.75 Å². The fourth-order valence-corrected chi connectivity index (χ4v) is 3.26. The summed E-state index contributed by atoms with van der Waals surface area (Å²) >= 11 is 6.15. The van der Waals surface area contributed by atoms with Gasteiger partial charge in [-0.2, -0.15) is 0 Å². The highest BCUT2D eigenvalue weighted by Crippen LogP contribution is 2.17. The van der Waals surface area contributed by atoms with E-state index in [0.717, 1.165) is 11.3 Å². The van der Waals surface area contributed by atoms with Crippen LogP contribution < -0.4 is 4.74 Å². The van der Waals surface area contributed by atoms with Gasteiger partial charge in [-0.25, -0.2) is 0 Å². The van der Waals surface area contributed by atoms with E-state index in [1.807, 2.05) is 48.5 Å². The molecule has 0 atom stereocenters. The van der Waals surface area contributed by atoms with E-state index in [1.165, 1.54) is 0 Å². The lowest BCUT2D eigenvalue weighted by Crippen LogP contribution is -2.38. The van der Waals surface area contributed by atoms with Crippen LogP contribution in [0.5, 0.6) is 5.75 Å². The van der Waals surface area contributed by atoms with Crippen LogP contribution >= 0.6 is 11.6 Å². The number of halogens is 1. The molecule has 2 amide bonds. The molecule has 5 nitrogen and oxygen atoms in total. The zero-order chi connectivity index (χ0) is 19.1. The molecule has 0 spiro atoms. The lowest BCUT2D eigenvalue weighted by atomic mass is 10.1. The van der Waals surface area contributed by atoms with E-state index >= 15 is 0 Å². The van der Waals surface area contributed by atoms with Gasteiger partial charge in [0.15, 0.2) is 0 Å². The number of ether oxygens (including phenoxy) is 1. The molecular formula is C21H23ClN2O3. The van der Waals surface area contributed by atoms with Gasteiger partial charge < -0.3 is 14.5 Å². The second-order valence-electron chi connectivity index (χ2n) is 6.44. The third-order valence-corrected chi connectivity index (χ3v) is 4.98. The van der Waals surface area contributed by atoms with Crippen molar-refractivity contribution < 1.29 is 14.3 Å². The molecule has 1 aliphatic heterocycles. The quantitative estimate of drug-likeness (QED) is 0.766. The van der Waals surface area contributed by atoms with Gasteiger partial charge in [0.1, 0.15) is 12.4 Å². The number of rotatable bonds is 6. The predicted octanol–water partition coefficient (Wildman–Crippen LogP) is 3.02. The molecule has 0 N–H and O–H groups in total. The van der Waals surface area contributed by atoms with Crippen LogP contribution in [0.1, 0.15) is 12.0 Å². The number of carbonyl (C=O) groups is 2. The monoisotopic (exact) mass is 386 g/mol. The Morgan fingerprint density at radius 3 is 2.52 bits per heavy atom. The number of hydrogen-bond acceptors (Lipinski definition) is 3. The molecule has 1 aliphatic rings. The Labute approximate surface area is 164 Å². The van der Waals surface area contributed by atoms with Gasteiger partial charge in [0.05, 0.1) is 13.0 Å². The molecular weight excluding hydrogens is 364 g/mol. The van der Waals surface area contributed by atoms with Crippen molar-refractivity contribution >= 4 is 23.4 Å². The molecule has 1 fully saturated rings. The van der Waals surface area contributed by atoms with Crippen LogP contribution in [-0.4, -0.2) is 54.4 Å². The van der Waals surface area contributed by atoms with E-state index in [0.29, 0.717) is 44.2 Å². The van der Waals surface area contributed by atoms with Crippen LogP contribution in [0.15, 0.2) is 54.6 Å².